The van der Waals surface area contributed by atoms with Crippen molar-refractivity contribution in [2.75, 3.05) is 13.7 Å². The highest BCUT2D eigenvalue weighted by molar-refractivity contribution is 5.71. The Morgan fingerprint density at radius 1 is 1.35 bits per heavy atom. The normalized spacial score (nSPS) is 22.4. The molecule has 1 aliphatic heterocycles. The number of likely N-dealkylation sites (tertiary alicyclic amines) is 1. The average Bonchev–Trinajstić information content (AvgIpc) is 2.76. The number of carboxylic acids is 1. The first-order valence-corrected chi connectivity index (χ1v) is 6.92. The molecule has 0 radical (unpaired) electrons. The third-order valence-corrected chi connectivity index (χ3v) is 3.46. The summed E-state index contributed by atoms with van der Waals surface area (Å²) < 4.78 is 10.7. The molecule has 0 saturated carbocycles. The first-order chi connectivity index (χ1) is 9.17. The lowest BCUT2D eigenvalue weighted by molar-refractivity contribution is -0.147. The molecule has 0 unspecified atom stereocenters. The summed E-state index contributed by atoms with van der Waals surface area (Å²) in [5, 5.41) is 9.14. The van der Waals surface area contributed by atoms with E-state index in [0.29, 0.717) is 6.54 Å². The van der Waals surface area contributed by atoms with Gasteiger partial charge in [-0.1, -0.05) is 0 Å². The molecule has 6 nitrogen and oxygen atoms in total. The van der Waals surface area contributed by atoms with E-state index < -0.39 is 29.7 Å². The molecule has 1 N–H and O–H groups in total. The summed E-state index contributed by atoms with van der Waals surface area (Å²) in [5.74, 6) is -1.60. The number of nitrogens with zero attached hydrogens (tertiary/aromatic N) is 1. The highest BCUT2D eigenvalue weighted by atomic mass is 16.6. The van der Waals surface area contributed by atoms with Crippen LogP contribution in [0.2, 0.25) is 0 Å². The number of methoxy groups -OCH3 is 1. The largest absolute Gasteiger partial charge is 0.481 e. The number of aliphatic carboxylic acids is 1. The van der Waals surface area contributed by atoms with Crippen molar-refractivity contribution in [3.05, 3.63) is 0 Å². The fourth-order valence-corrected chi connectivity index (χ4v) is 2.52. The lowest BCUT2D eigenvalue weighted by Gasteiger charge is -2.34. The molecule has 116 valence electrons. The minimum absolute atomic E-state index is 0.249. The molecule has 1 fully saturated rings. The van der Waals surface area contributed by atoms with Crippen molar-refractivity contribution in [1.29, 1.82) is 0 Å². The van der Waals surface area contributed by atoms with Crippen LogP contribution in [-0.2, 0) is 14.3 Å². The maximum atomic E-state index is 12.2. The van der Waals surface area contributed by atoms with Gasteiger partial charge in [0.05, 0.1) is 18.1 Å². The van der Waals surface area contributed by atoms with Crippen molar-refractivity contribution in [1.82, 2.24) is 4.90 Å². The van der Waals surface area contributed by atoms with E-state index >= 15 is 0 Å². The van der Waals surface area contributed by atoms with Gasteiger partial charge in [-0.05, 0) is 40.5 Å². The quantitative estimate of drug-likeness (QED) is 0.857. The molecule has 1 heterocycles. The Labute approximate surface area is 120 Å². The summed E-state index contributed by atoms with van der Waals surface area (Å²) in [6, 6.07) is -0.249. The zero-order chi connectivity index (χ0) is 15.5. The molecule has 1 rings (SSSR count). The number of carbonyl (C=O) groups excluding carboxylic acids is 1. The van der Waals surface area contributed by atoms with Gasteiger partial charge < -0.3 is 19.5 Å². The summed E-state index contributed by atoms with van der Waals surface area (Å²) in [7, 11) is 1.48. The van der Waals surface area contributed by atoms with Crippen molar-refractivity contribution in [3.63, 3.8) is 0 Å². The van der Waals surface area contributed by atoms with Crippen molar-refractivity contribution in [2.45, 2.75) is 58.3 Å². The van der Waals surface area contributed by atoms with Crippen molar-refractivity contribution in [3.8, 4) is 0 Å². The molecular weight excluding hydrogens is 262 g/mol. The SMILES string of the molecule is CO[C@H]([C@H]1CCCN1C(=O)OC(C)(C)C)[C@@H](C)C(=O)O. The van der Waals surface area contributed by atoms with Crippen LogP contribution in [-0.4, -0.2) is 53.5 Å². The van der Waals surface area contributed by atoms with E-state index in [1.165, 1.54) is 7.11 Å². The van der Waals surface area contributed by atoms with Crippen LogP contribution in [0.3, 0.4) is 0 Å². The minimum Gasteiger partial charge on any atom is -0.481 e. The van der Waals surface area contributed by atoms with Crippen LogP contribution in [0.1, 0.15) is 40.5 Å². The Balaban J connectivity index is 2.82. The van der Waals surface area contributed by atoms with Crippen LogP contribution in [0.5, 0.6) is 0 Å². The number of hydrogen-bond donors (Lipinski definition) is 1. The Morgan fingerprint density at radius 3 is 2.40 bits per heavy atom. The molecule has 0 aromatic rings. The molecular formula is C14H25NO5. The molecule has 0 spiro atoms. The molecule has 1 aliphatic rings. The number of ether oxygens (including phenoxy) is 2. The second kappa shape index (κ2) is 6.43. The summed E-state index contributed by atoms with van der Waals surface area (Å²) in [5.41, 5.74) is -0.564. The molecule has 1 amide bonds. The van der Waals surface area contributed by atoms with E-state index in [1.54, 1.807) is 11.8 Å². The third-order valence-electron chi connectivity index (χ3n) is 3.46. The molecule has 3 atom stereocenters. The van der Waals surface area contributed by atoms with E-state index in [-0.39, 0.29) is 6.04 Å². The molecule has 0 aromatic heterocycles. The van der Waals surface area contributed by atoms with E-state index in [9.17, 15) is 9.59 Å². The van der Waals surface area contributed by atoms with Crippen LogP contribution in [0.15, 0.2) is 0 Å². The van der Waals surface area contributed by atoms with E-state index in [0.717, 1.165) is 12.8 Å². The van der Waals surface area contributed by atoms with Crippen molar-refractivity contribution in [2.24, 2.45) is 5.92 Å². The second-order valence-corrected chi connectivity index (χ2v) is 6.21. The number of rotatable bonds is 4. The molecule has 1 saturated heterocycles. The minimum atomic E-state index is -0.923. The highest BCUT2D eigenvalue weighted by Gasteiger charge is 2.41. The highest BCUT2D eigenvalue weighted by Crippen LogP contribution is 2.27. The first-order valence-electron chi connectivity index (χ1n) is 6.92. The summed E-state index contributed by atoms with van der Waals surface area (Å²) in [6.45, 7) is 7.60. The Hall–Kier alpha value is -1.30. The van der Waals surface area contributed by atoms with E-state index in [1.807, 2.05) is 20.8 Å². The molecule has 0 aromatic carbocycles. The number of amides is 1. The van der Waals surface area contributed by atoms with Crippen LogP contribution in [0.4, 0.5) is 4.79 Å². The monoisotopic (exact) mass is 287 g/mol. The number of carbonyl (C=O) groups is 2. The van der Waals surface area contributed by atoms with Gasteiger partial charge in [0, 0.05) is 13.7 Å². The van der Waals surface area contributed by atoms with Crippen molar-refractivity contribution < 1.29 is 24.2 Å². The van der Waals surface area contributed by atoms with Gasteiger partial charge in [-0.15, -0.1) is 0 Å². The standard InChI is InChI=1S/C14H25NO5/c1-9(12(16)17)11(19-5)10-7-6-8-15(10)13(18)20-14(2,3)4/h9-11H,6-8H2,1-5H3,(H,16,17)/t9-,10-,11+/m1/s1. The van der Waals surface area contributed by atoms with Crippen molar-refractivity contribution >= 4 is 12.1 Å². The first kappa shape index (κ1) is 16.8. The fourth-order valence-electron chi connectivity index (χ4n) is 2.52. The van der Waals surface area contributed by atoms with Gasteiger partial charge in [-0.25, -0.2) is 4.79 Å². The average molecular weight is 287 g/mol. The lowest BCUT2D eigenvalue weighted by Crippen LogP contribution is -2.49. The van der Waals surface area contributed by atoms with Gasteiger partial charge in [0.25, 0.3) is 0 Å². The Morgan fingerprint density at radius 2 is 1.95 bits per heavy atom. The predicted molar refractivity (Wildman–Crippen MR) is 73.6 cm³/mol. The van der Waals surface area contributed by atoms with Gasteiger partial charge in [0.15, 0.2) is 0 Å². The van der Waals surface area contributed by atoms with Crippen LogP contribution >= 0.6 is 0 Å². The number of hydrogen-bond acceptors (Lipinski definition) is 4. The van der Waals surface area contributed by atoms with Crippen LogP contribution in [0.25, 0.3) is 0 Å². The molecule has 6 heteroatoms. The maximum absolute atomic E-state index is 12.2. The topological polar surface area (TPSA) is 76.1 Å². The van der Waals surface area contributed by atoms with Gasteiger partial charge in [0.2, 0.25) is 0 Å². The Kier molecular flexibility index (Phi) is 5.39. The maximum Gasteiger partial charge on any atom is 0.410 e. The van der Waals surface area contributed by atoms with Crippen LogP contribution < -0.4 is 0 Å². The van der Waals surface area contributed by atoms with E-state index in [2.05, 4.69) is 0 Å². The summed E-state index contributed by atoms with van der Waals surface area (Å²) >= 11 is 0. The van der Waals surface area contributed by atoms with Crippen LogP contribution in [0, 0.1) is 5.92 Å². The van der Waals surface area contributed by atoms with Gasteiger partial charge in [-0.2, -0.15) is 0 Å². The molecule has 20 heavy (non-hydrogen) atoms. The lowest BCUT2D eigenvalue weighted by atomic mass is 9.96. The Bertz CT molecular complexity index is 363. The van der Waals surface area contributed by atoms with Gasteiger partial charge in [0.1, 0.15) is 5.60 Å². The number of carboxylic acid groups (broad SMARTS) is 1. The summed E-state index contributed by atoms with van der Waals surface area (Å²) in [4.78, 5) is 24.9. The zero-order valence-corrected chi connectivity index (χ0v) is 12.9. The fraction of sp³-hybridized carbons (Fsp3) is 0.857. The molecule has 0 bridgehead atoms. The smallest absolute Gasteiger partial charge is 0.410 e. The van der Waals surface area contributed by atoms with Gasteiger partial charge in [-0.3, -0.25) is 4.79 Å². The zero-order valence-electron chi connectivity index (χ0n) is 12.9. The predicted octanol–water partition coefficient (Wildman–Crippen LogP) is 2.12. The van der Waals surface area contributed by atoms with Gasteiger partial charge >= 0.3 is 12.1 Å². The summed E-state index contributed by atoms with van der Waals surface area (Å²) in [6.07, 6.45) is 0.632. The van der Waals surface area contributed by atoms with E-state index in [4.69, 9.17) is 14.6 Å². The molecule has 0 aliphatic carbocycles. The third kappa shape index (κ3) is 4.10. The second-order valence-electron chi connectivity index (χ2n) is 6.21.